The molecule has 1 aliphatic heterocycles. The molecule has 1 aromatic heterocycles. The van der Waals surface area contributed by atoms with Crippen LogP contribution in [0.3, 0.4) is 0 Å². The van der Waals surface area contributed by atoms with Gasteiger partial charge in [0.15, 0.2) is 0 Å². The van der Waals surface area contributed by atoms with Gasteiger partial charge in [-0.05, 0) is 35.0 Å². The minimum Gasteiger partial charge on any atom is -0.383 e. The lowest BCUT2D eigenvalue weighted by atomic mass is 10.3. The van der Waals surface area contributed by atoms with Gasteiger partial charge in [0.1, 0.15) is 0 Å². The zero-order chi connectivity index (χ0) is 13.7. The average Bonchev–Trinajstić information content (AvgIpc) is 2.71. The highest BCUT2D eigenvalue weighted by Crippen LogP contribution is 2.22. The fourth-order valence-electron chi connectivity index (χ4n) is 2.22. The first-order valence-corrected chi connectivity index (χ1v) is 8.12. The van der Waals surface area contributed by atoms with E-state index in [-0.39, 0.29) is 5.91 Å². The van der Waals surface area contributed by atoms with Crippen LogP contribution in [-0.2, 0) is 4.74 Å². The van der Waals surface area contributed by atoms with E-state index in [1.54, 1.807) is 18.4 Å². The second kappa shape index (κ2) is 7.38. The molecule has 1 amide bonds. The number of carbonyl (C=O) groups is 1. The van der Waals surface area contributed by atoms with Crippen molar-refractivity contribution in [2.24, 2.45) is 0 Å². The van der Waals surface area contributed by atoms with Crippen molar-refractivity contribution in [3.63, 3.8) is 0 Å². The monoisotopic (exact) mass is 346 g/mol. The van der Waals surface area contributed by atoms with E-state index >= 15 is 0 Å². The van der Waals surface area contributed by atoms with Gasteiger partial charge in [-0.15, -0.1) is 11.3 Å². The highest BCUT2D eigenvalue weighted by molar-refractivity contribution is 9.11. The average molecular weight is 347 g/mol. The maximum absolute atomic E-state index is 12.4. The Labute approximate surface area is 126 Å². The van der Waals surface area contributed by atoms with E-state index in [1.807, 2.05) is 16.3 Å². The lowest BCUT2D eigenvalue weighted by Gasteiger charge is -2.21. The molecule has 0 aromatic carbocycles. The maximum atomic E-state index is 12.4. The van der Waals surface area contributed by atoms with Crippen molar-refractivity contribution in [1.29, 1.82) is 0 Å². The van der Waals surface area contributed by atoms with Crippen LogP contribution in [0.2, 0.25) is 0 Å². The van der Waals surface area contributed by atoms with Crippen LogP contribution in [0.25, 0.3) is 0 Å². The van der Waals surface area contributed by atoms with Crippen molar-refractivity contribution in [2.75, 3.05) is 46.4 Å². The highest BCUT2D eigenvalue weighted by Gasteiger charge is 2.20. The van der Waals surface area contributed by atoms with Crippen LogP contribution in [0.1, 0.15) is 16.8 Å². The van der Waals surface area contributed by atoms with E-state index in [2.05, 4.69) is 20.8 Å². The molecular formula is C13H19BrN2O2S. The van der Waals surface area contributed by atoms with Crippen LogP contribution >= 0.6 is 27.3 Å². The molecule has 2 heterocycles. The van der Waals surface area contributed by atoms with Crippen molar-refractivity contribution in [3.8, 4) is 0 Å². The smallest absolute Gasteiger partial charge is 0.254 e. The van der Waals surface area contributed by atoms with Gasteiger partial charge >= 0.3 is 0 Å². The van der Waals surface area contributed by atoms with Crippen LogP contribution in [0.4, 0.5) is 0 Å². The summed E-state index contributed by atoms with van der Waals surface area (Å²) in [7, 11) is 1.72. The van der Waals surface area contributed by atoms with Gasteiger partial charge < -0.3 is 9.64 Å². The molecule has 0 bridgehead atoms. The number of rotatable bonds is 4. The topological polar surface area (TPSA) is 32.8 Å². The third-order valence-electron chi connectivity index (χ3n) is 3.30. The molecule has 19 heavy (non-hydrogen) atoms. The number of halogens is 1. The van der Waals surface area contributed by atoms with Gasteiger partial charge in [0.05, 0.1) is 16.0 Å². The van der Waals surface area contributed by atoms with Crippen LogP contribution in [0.5, 0.6) is 0 Å². The van der Waals surface area contributed by atoms with E-state index in [0.29, 0.717) is 0 Å². The first kappa shape index (κ1) is 15.0. The quantitative estimate of drug-likeness (QED) is 0.838. The Kier molecular flexibility index (Phi) is 5.81. The first-order valence-electron chi connectivity index (χ1n) is 6.45. The zero-order valence-electron chi connectivity index (χ0n) is 11.1. The lowest BCUT2D eigenvalue weighted by molar-refractivity contribution is 0.0759. The van der Waals surface area contributed by atoms with E-state index in [1.165, 1.54) is 0 Å². The van der Waals surface area contributed by atoms with Gasteiger partial charge in [0, 0.05) is 38.7 Å². The molecule has 0 atom stereocenters. The molecule has 1 aromatic rings. The number of amides is 1. The predicted molar refractivity (Wildman–Crippen MR) is 80.9 cm³/mol. The van der Waals surface area contributed by atoms with Gasteiger partial charge in [-0.2, -0.15) is 0 Å². The molecule has 0 unspecified atom stereocenters. The summed E-state index contributed by atoms with van der Waals surface area (Å²) in [6.07, 6.45) is 1.03. The SMILES string of the molecule is COCCN1CCCN(C(=O)c2csc(Br)c2)CC1. The predicted octanol–water partition coefficient (Wildman–Crippen LogP) is 2.30. The van der Waals surface area contributed by atoms with Gasteiger partial charge in [0.25, 0.3) is 5.91 Å². The molecule has 4 nitrogen and oxygen atoms in total. The number of methoxy groups -OCH3 is 1. The summed E-state index contributed by atoms with van der Waals surface area (Å²) >= 11 is 4.96. The Balaban J connectivity index is 1.90. The fraction of sp³-hybridized carbons (Fsp3) is 0.615. The summed E-state index contributed by atoms with van der Waals surface area (Å²) in [6, 6.07) is 1.90. The number of nitrogens with zero attached hydrogens (tertiary/aromatic N) is 2. The molecule has 0 aliphatic carbocycles. The van der Waals surface area contributed by atoms with Crippen molar-refractivity contribution in [3.05, 3.63) is 20.8 Å². The summed E-state index contributed by atoms with van der Waals surface area (Å²) in [6.45, 7) is 5.32. The molecule has 106 valence electrons. The summed E-state index contributed by atoms with van der Waals surface area (Å²) < 4.78 is 6.11. The number of ether oxygens (including phenoxy) is 1. The standard InChI is InChI=1S/C13H19BrN2O2S/c1-18-8-7-15-3-2-4-16(6-5-15)13(17)11-9-12(14)19-10-11/h9-10H,2-8H2,1H3. The third kappa shape index (κ3) is 4.27. The molecule has 6 heteroatoms. The summed E-state index contributed by atoms with van der Waals surface area (Å²) in [5, 5.41) is 1.92. The highest BCUT2D eigenvalue weighted by atomic mass is 79.9. The second-order valence-electron chi connectivity index (χ2n) is 4.62. The Morgan fingerprint density at radius 2 is 2.26 bits per heavy atom. The Hall–Kier alpha value is -0.430. The first-order chi connectivity index (χ1) is 9.20. The number of carbonyl (C=O) groups excluding carboxylic acids is 1. The summed E-state index contributed by atoms with van der Waals surface area (Å²) in [5.41, 5.74) is 0.794. The Morgan fingerprint density at radius 1 is 1.42 bits per heavy atom. The number of hydrogen-bond donors (Lipinski definition) is 0. The molecule has 0 spiro atoms. The molecule has 1 saturated heterocycles. The minimum atomic E-state index is 0.149. The molecule has 0 N–H and O–H groups in total. The molecular weight excluding hydrogens is 328 g/mol. The minimum absolute atomic E-state index is 0.149. The Morgan fingerprint density at radius 3 is 2.95 bits per heavy atom. The van der Waals surface area contributed by atoms with Gasteiger partial charge in [0.2, 0.25) is 0 Å². The van der Waals surface area contributed by atoms with Crippen LogP contribution in [0, 0.1) is 0 Å². The third-order valence-corrected chi connectivity index (χ3v) is 4.81. The number of thiophene rings is 1. The molecule has 0 radical (unpaired) electrons. The zero-order valence-corrected chi connectivity index (χ0v) is 13.5. The summed E-state index contributed by atoms with van der Waals surface area (Å²) in [4.78, 5) is 16.7. The lowest BCUT2D eigenvalue weighted by Crippen LogP contribution is -2.35. The molecule has 1 aliphatic rings. The van der Waals surface area contributed by atoms with Crippen molar-refractivity contribution in [2.45, 2.75) is 6.42 Å². The van der Waals surface area contributed by atoms with E-state index < -0.39 is 0 Å². The van der Waals surface area contributed by atoms with E-state index in [0.717, 1.165) is 55.1 Å². The van der Waals surface area contributed by atoms with Crippen molar-refractivity contribution < 1.29 is 9.53 Å². The van der Waals surface area contributed by atoms with Crippen molar-refractivity contribution >= 4 is 33.2 Å². The van der Waals surface area contributed by atoms with Gasteiger partial charge in [-0.1, -0.05) is 0 Å². The second-order valence-corrected chi connectivity index (χ2v) is 6.91. The summed E-state index contributed by atoms with van der Waals surface area (Å²) in [5.74, 6) is 0.149. The molecule has 0 saturated carbocycles. The van der Waals surface area contributed by atoms with Crippen LogP contribution in [0.15, 0.2) is 15.2 Å². The van der Waals surface area contributed by atoms with Gasteiger partial charge in [-0.3, -0.25) is 9.69 Å². The largest absolute Gasteiger partial charge is 0.383 e. The van der Waals surface area contributed by atoms with Crippen molar-refractivity contribution in [1.82, 2.24) is 9.80 Å². The maximum Gasteiger partial charge on any atom is 0.254 e. The molecule has 1 fully saturated rings. The van der Waals surface area contributed by atoms with E-state index in [4.69, 9.17) is 4.74 Å². The Bertz CT molecular complexity index is 425. The number of hydrogen-bond acceptors (Lipinski definition) is 4. The fourth-order valence-corrected chi connectivity index (χ4v) is 3.35. The van der Waals surface area contributed by atoms with E-state index in [9.17, 15) is 4.79 Å². The van der Waals surface area contributed by atoms with Crippen LogP contribution in [-0.4, -0.2) is 62.1 Å². The normalized spacial score (nSPS) is 17.5. The van der Waals surface area contributed by atoms with Crippen LogP contribution < -0.4 is 0 Å². The van der Waals surface area contributed by atoms with Gasteiger partial charge in [-0.25, -0.2) is 0 Å². The molecule has 2 rings (SSSR count).